The Balaban J connectivity index is 1.92. The van der Waals surface area contributed by atoms with Crippen LogP contribution in [-0.2, 0) is 0 Å². The molecule has 3 aromatic rings. The number of halogens is 1. The number of hydrogen-bond donors (Lipinski definition) is 1. The Hall–Kier alpha value is -3.10. The number of nitrogens with one attached hydrogen (secondary N) is 1. The number of aromatic nitrogens is 2. The molecule has 1 aromatic heterocycles. The van der Waals surface area contributed by atoms with E-state index in [9.17, 15) is 4.79 Å². The van der Waals surface area contributed by atoms with Crippen LogP contribution in [0.4, 0.5) is 5.69 Å². The SMILES string of the molecule is N#Cc1ccc(C(=O)Nc2cccc(Cl)c2-n2cccn2)cc1. The maximum Gasteiger partial charge on any atom is 0.255 e. The van der Waals surface area contributed by atoms with Crippen LogP contribution < -0.4 is 5.32 Å². The molecule has 0 aliphatic rings. The number of anilines is 1. The lowest BCUT2D eigenvalue weighted by atomic mass is 10.1. The van der Waals surface area contributed by atoms with Crippen LogP contribution >= 0.6 is 11.6 Å². The van der Waals surface area contributed by atoms with E-state index in [0.29, 0.717) is 27.5 Å². The summed E-state index contributed by atoms with van der Waals surface area (Å²) in [6, 6.07) is 15.4. The van der Waals surface area contributed by atoms with Crippen LogP contribution in [0.5, 0.6) is 0 Å². The van der Waals surface area contributed by atoms with Crippen molar-refractivity contribution in [3.8, 4) is 11.8 Å². The van der Waals surface area contributed by atoms with Gasteiger partial charge >= 0.3 is 0 Å². The number of carbonyl (C=O) groups is 1. The third-order valence-electron chi connectivity index (χ3n) is 3.24. The topological polar surface area (TPSA) is 70.7 Å². The standard InChI is InChI=1S/C17H11ClN4O/c18-14-3-1-4-15(16(14)22-10-2-9-20-22)21-17(23)13-7-5-12(11-19)6-8-13/h1-10H,(H,21,23). The fraction of sp³-hybridized carbons (Fsp3) is 0. The number of nitrogens with zero attached hydrogens (tertiary/aromatic N) is 3. The van der Waals surface area contributed by atoms with Gasteiger partial charge in [-0.1, -0.05) is 17.7 Å². The van der Waals surface area contributed by atoms with E-state index in [1.54, 1.807) is 65.6 Å². The van der Waals surface area contributed by atoms with E-state index in [2.05, 4.69) is 10.4 Å². The second-order valence-electron chi connectivity index (χ2n) is 4.73. The summed E-state index contributed by atoms with van der Waals surface area (Å²) in [4.78, 5) is 12.4. The molecule has 0 bridgehead atoms. The van der Waals surface area contributed by atoms with Gasteiger partial charge in [-0.25, -0.2) is 4.68 Å². The van der Waals surface area contributed by atoms with E-state index < -0.39 is 0 Å². The molecule has 0 fully saturated rings. The quantitative estimate of drug-likeness (QED) is 0.800. The number of rotatable bonds is 3. The van der Waals surface area contributed by atoms with Crippen LogP contribution in [0.2, 0.25) is 5.02 Å². The van der Waals surface area contributed by atoms with E-state index in [4.69, 9.17) is 16.9 Å². The largest absolute Gasteiger partial charge is 0.320 e. The van der Waals surface area contributed by atoms with Gasteiger partial charge < -0.3 is 5.32 Å². The van der Waals surface area contributed by atoms with Gasteiger partial charge in [-0.3, -0.25) is 4.79 Å². The first-order chi connectivity index (χ1) is 11.2. The predicted molar refractivity (Wildman–Crippen MR) is 87.7 cm³/mol. The number of para-hydroxylation sites is 1. The van der Waals surface area contributed by atoms with Crippen molar-refractivity contribution in [2.45, 2.75) is 0 Å². The Labute approximate surface area is 137 Å². The monoisotopic (exact) mass is 322 g/mol. The molecule has 112 valence electrons. The van der Waals surface area contributed by atoms with Crippen LogP contribution in [0, 0.1) is 11.3 Å². The normalized spacial score (nSPS) is 10.1. The minimum atomic E-state index is -0.287. The third kappa shape index (κ3) is 3.07. The molecule has 1 amide bonds. The molecule has 3 rings (SSSR count). The Morgan fingerprint density at radius 2 is 1.96 bits per heavy atom. The minimum absolute atomic E-state index is 0.287. The van der Waals surface area contributed by atoms with Gasteiger partial charge in [0.15, 0.2) is 0 Å². The Kier molecular flexibility index (Phi) is 4.09. The summed E-state index contributed by atoms with van der Waals surface area (Å²) in [6.45, 7) is 0. The molecule has 5 nitrogen and oxygen atoms in total. The molecule has 1 N–H and O–H groups in total. The van der Waals surface area contributed by atoms with Crippen LogP contribution in [0.1, 0.15) is 15.9 Å². The smallest absolute Gasteiger partial charge is 0.255 e. The number of nitriles is 1. The highest BCUT2D eigenvalue weighted by Gasteiger charge is 2.13. The highest BCUT2D eigenvalue weighted by atomic mass is 35.5. The van der Waals surface area contributed by atoms with Gasteiger partial charge in [-0.15, -0.1) is 0 Å². The van der Waals surface area contributed by atoms with Crippen molar-refractivity contribution in [2.24, 2.45) is 0 Å². The van der Waals surface area contributed by atoms with Gasteiger partial charge in [-0.05, 0) is 42.5 Å². The van der Waals surface area contributed by atoms with Crippen LogP contribution in [0.25, 0.3) is 5.69 Å². The zero-order chi connectivity index (χ0) is 16.2. The van der Waals surface area contributed by atoms with E-state index in [0.717, 1.165) is 0 Å². The first kappa shape index (κ1) is 14.8. The number of carbonyl (C=O) groups excluding carboxylic acids is 1. The molecular formula is C17H11ClN4O. The summed E-state index contributed by atoms with van der Waals surface area (Å²) in [7, 11) is 0. The molecular weight excluding hydrogens is 312 g/mol. The van der Waals surface area contributed by atoms with Crippen molar-refractivity contribution in [3.63, 3.8) is 0 Å². The van der Waals surface area contributed by atoms with Gasteiger partial charge in [0, 0.05) is 18.0 Å². The number of benzene rings is 2. The molecule has 0 radical (unpaired) electrons. The van der Waals surface area contributed by atoms with Crippen LogP contribution in [0.3, 0.4) is 0 Å². The molecule has 2 aromatic carbocycles. The predicted octanol–water partition coefficient (Wildman–Crippen LogP) is 3.65. The highest BCUT2D eigenvalue weighted by Crippen LogP contribution is 2.28. The second-order valence-corrected chi connectivity index (χ2v) is 5.14. The average molecular weight is 323 g/mol. The minimum Gasteiger partial charge on any atom is -0.320 e. The number of amides is 1. The Morgan fingerprint density at radius 3 is 2.61 bits per heavy atom. The molecule has 1 heterocycles. The van der Waals surface area contributed by atoms with Crippen molar-refractivity contribution in [1.29, 1.82) is 5.26 Å². The highest BCUT2D eigenvalue weighted by molar-refractivity contribution is 6.33. The van der Waals surface area contributed by atoms with E-state index >= 15 is 0 Å². The van der Waals surface area contributed by atoms with Gasteiger partial charge in [0.1, 0.15) is 5.69 Å². The molecule has 0 aliphatic carbocycles. The molecule has 23 heavy (non-hydrogen) atoms. The summed E-state index contributed by atoms with van der Waals surface area (Å²) in [5, 5.41) is 16.3. The summed E-state index contributed by atoms with van der Waals surface area (Å²) in [5.74, 6) is -0.287. The fourth-order valence-corrected chi connectivity index (χ4v) is 2.40. The lowest BCUT2D eigenvalue weighted by Gasteiger charge is -2.12. The van der Waals surface area contributed by atoms with Crippen molar-refractivity contribution >= 4 is 23.2 Å². The number of hydrogen-bond acceptors (Lipinski definition) is 3. The molecule has 0 unspecified atom stereocenters. The summed E-state index contributed by atoms with van der Waals surface area (Å²) < 4.78 is 1.59. The van der Waals surface area contributed by atoms with Crippen LogP contribution in [0.15, 0.2) is 60.9 Å². The molecule has 0 spiro atoms. The van der Waals surface area contributed by atoms with Crippen molar-refractivity contribution in [2.75, 3.05) is 5.32 Å². The van der Waals surface area contributed by atoms with Crippen molar-refractivity contribution in [1.82, 2.24) is 9.78 Å². The second kappa shape index (κ2) is 6.34. The van der Waals surface area contributed by atoms with Crippen molar-refractivity contribution in [3.05, 3.63) is 77.1 Å². The van der Waals surface area contributed by atoms with Gasteiger partial charge in [0.05, 0.1) is 22.3 Å². The zero-order valence-electron chi connectivity index (χ0n) is 11.9. The maximum absolute atomic E-state index is 12.4. The van der Waals surface area contributed by atoms with E-state index in [-0.39, 0.29) is 5.91 Å². The fourth-order valence-electron chi connectivity index (χ4n) is 2.14. The molecule has 0 atom stereocenters. The molecule has 6 heteroatoms. The van der Waals surface area contributed by atoms with Gasteiger partial charge in [-0.2, -0.15) is 10.4 Å². The van der Waals surface area contributed by atoms with E-state index in [1.165, 1.54) is 0 Å². The van der Waals surface area contributed by atoms with Crippen LogP contribution in [-0.4, -0.2) is 15.7 Å². The van der Waals surface area contributed by atoms with E-state index in [1.807, 2.05) is 6.07 Å². The first-order valence-corrected chi connectivity index (χ1v) is 7.17. The lowest BCUT2D eigenvalue weighted by Crippen LogP contribution is -2.14. The molecule has 0 saturated heterocycles. The average Bonchev–Trinajstić information content (AvgIpc) is 3.09. The summed E-state index contributed by atoms with van der Waals surface area (Å²) in [6.07, 6.45) is 3.38. The lowest BCUT2D eigenvalue weighted by molar-refractivity contribution is 0.102. The summed E-state index contributed by atoms with van der Waals surface area (Å²) in [5.41, 5.74) is 2.11. The Morgan fingerprint density at radius 1 is 1.17 bits per heavy atom. The van der Waals surface area contributed by atoms with Crippen molar-refractivity contribution < 1.29 is 4.79 Å². The summed E-state index contributed by atoms with van der Waals surface area (Å²) >= 11 is 6.24. The maximum atomic E-state index is 12.4. The molecule has 0 aliphatic heterocycles. The Bertz CT molecular complexity index is 880. The first-order valence-electron chi connectivity index (χ1n) is 6.79. The van der Waals surface area contributed by atoms with Gasteiger partial charge in [0.25, 0.3) is 5.91 Å². The zero-order valence-corrected chi connectivity index (χ0v) is 12.7. The van der Waals surface area contributed by atoms with Gasteiger partial charge in [0.2, 0.25) is 0 Å². The third-order valence-corrected chi connectivity index (χ3v) is 3.55. The molecule has 0 saturated carbocycles.